The Morgan fingerprint density at radius 1 is 1.19 bits per heavy atom. The maximum absolute atomic E-state index is 5.70. The van der Waals surface area contributed by atoms with Gasteiger partial charge in [-0.1, -0.05) is 5.16 Å². The first-order valence-electron chi connectivity index (χ1n) is 7.71. The van der Waals surface area contributed by atoms with Crippen molar-refractivity contribution in [1.29, 1.82) is 0 Å². The summed E-state index contributed by atoms with van der Waals surface area (Å²) in [5, 5.41) is 4.20. The van der Waals surface area contributed by atoms with E-state index in [9.17, 15) is 0 Å². The molecular weight excluding hydrogens is 268 g/mol. The van der Waals surface area contributed by atoms with Gasteiger partial charge in [-0.3, -0.25) is 4.90 Å². The van der Waals surface area contributed by atoms with Gasteiger partial charge in [-0.15, -0.1) is 0 Å². The standard InChI is InChI=1S/C15H20N4O2/c1-9-10(2)20-13(16-9)8-19-7-3-4-12(19)14-17-15(21-18-14)11-5-6-11/h11-12H,3-8H2,1-2H3/t12-/m1/s1. The number of aromatic nitrogens is 3. The van der Waals surface area contributed by atoms with E-state index >= 15 is 0 Å². The van der Waals surface area contributed by atoms with E-state index in [1.807, 2.05) is 13.8 Å². The van der Waals surface area contributed by atoms with Crippen LogP contribution in [0.3, 0.4) is 0 Å². The molecule has 2 aromatic rings. The largest absolute Gasteiger partial charge is 0.444 e. The van der Waals surface area contributed by atoms with Crippen molar-refractivity contribution in [2.24, 2.45) is 0 Å². The molecule has 0 bridgehead atoms. The summed E-state index contributed by atoms with van der Waals surface area (Å²) < 4.78 is 11.1. The Morgan fingerprint density at radius 2 is 2.05 bits per heavy atom. The van der Waals surface area contributed by atoms with E-state index < -0.39 is 0 Å². The Morgan fingerprint density at radius 3 is 2.76 bits per heavy atom. The van der Waals surface area contributed by atoms with Crippen molar-refractivity contribution in [2.45, 2.75) is 58.0 Å². The lowest BCUT2D eigenvalue weighted by Gasteiger charge is -2.19. The lowest BCUT2D eigenvalue weighted by Crippen LogP contribution is -2.23. The molecule has 1 aliphatic carbocycles. The minimum atomic E-state index is 0.230. The van der Waals surface area contributed by atoms with Crippen LogP contribution in [0.4, 0.5) is 0 Å². The van der Waals surface area contributed by atoms with E-state index in [1.54, 1.807) is 0 Å². The third-order valence-corrected chi connectivity index (χ3v) is 4.46. The Kier molecular flexibility index (Phi) is 3.06. The van der Waals surface area contributed by atoms with Crippen molar-refractivity contribution < 1.29 is 8.94 Å². The van der Waals surface area contributed by atoms with E-state index in [2.05, 4.69) is 20.0 Å². The molecule has 1 aliphatic heterocycles. The van der Waals surface area contributed by atoms with Crippen molar-refractivity contribution in [2.75, 3.05) is 6.54 Å². The zero-order valence-electron chi connectivity index (χ0n) is 12.5. The average molecular weight is 288 g/mol. The number of oxazole rings is 1. The summed E-state index contributed by atoms with van der Waals surface area (Å²) in [4.78, 5) is 11.4. The van der Waals surface area contributed by atoms with Crippen LogP contribution in [-0.2, 0) is 6.54 Å². The van der Waals surface area contributed by atoms with Gasteiger partial charge >= 0.3 is 0 Å². The lowest BCUT2D eigenvalue weighted by molar-refractivity contribution is 0.211. The minimum absolute atomic E-state index is 0.230. The number of rotatable bonds is 4. The molecule has 0 unspecified atom stereocenters. The number of hydrogen-bond donors (Lipinski definition) is 0. The molecule has 0 spiro atoms. The summed E-state index contributed by atoms with van der Waals surface area (Å²) in [6.45, 7) is 5.67. The quantitative estimate of drug-likeness (QED) is 0.861. The predicted molar refractivity (Wildman–Crippen MR) is 74.6 cm³/mol. The Balaban J connectivity index is 1.50. The molecule has 0 aromatic carbocycles. The molecule has 6 nitrogen and oxygen atoms in total. The molecule has 2 aliphatic rings. The summed E-state index contributed by atoms with van der Waals surface area (Å²) in [7, 11) is 0. The smallest absolute Gasteiger partial charge is 0.229 e. The van der Waals surface area contributed by atoms with E-state index in [4.69, 9.17) is 8.94 Å². The third kappa shape index (κ3) is 2.48. The Bertz CT molecular complexity index is 624. The first-order chi connectivity index (χ1) is 10.2. The van der Waals surface area contributed by atoms with Gasteiger partial charge in [0.25, 0.3) is 0 Å². The predicted octanol–water partition coefficient (Wildman–Crippen LogP) is 2.89. The van der Waals surface area contributed by atoms with Crippen LogP contribution in [-0.4, -0.2) is 26.6 Å². The Hall–Kier alpha value is -1.69. The fourth-order valence-electron chi connectivity index (χ4n) is 2.97. The minimum Gasteiger partial charge on any atom is -0.444 e. The molecule has 2 fully saturated rings. The highest BCUT2D eigenvalue weighted by molar-refractivity contribution is 5.07. The van der Waals surface area contributed by atoms with Crippen LogP contribution in [0.15, 0.2) is 8.94 Å². The van der Waals surface area contributed by atoms with E-state index in [0.29, 0.717) is 12.5 Å². The molecule has 1 saturated carbocycles. The average Bonchev–Trinajstić information content (AvgIpc) is 2.89. The van der Waals surface area contributed by atoms with E-state index in [-0.39, 0.29) is 6.04 Å². The molecule has 0 amide bonds. The zero-order chi connectivity index (χ0) is 14.4. The number of hydrogen-bond acceptors (Lipinski definition) is 6. The molecule has 0 N–H and O–H groups in total. The Labute approximate surface area is 123 Å². The van der Waals surface area contributed by atoms with Gasteiger partial charge in [0.05, 0.1) is 18.3 Å². The van der Waals surface area contributed by atoms with Gasteiger partial charge in [-0.05, 0) is 46.1 Å². The highest BCUT2D eigenvalue weighted by Crippen LogP contribution is 2.40. The van der Waals surface area contributed by atoms with Gasteiger partial charge < -0.3 is 8.94 Å². The van der Waals surface area contributed by atoms with Gasteiger partial charge in [-0.2, -0.15) is 4.98 Å². The lowest BCUT2D eigenvalue weighted by atomic mass is 10.2. The van der Waals surface area contributed by atoms with Crippen molar-refractivity contribution in [3.63, 3.8) is 0 Å². The van der Waals surface area contributed by atoms with Crippen molar-refractivity contribution >= 4 is 0 Å². The van der Waals surface area contributed by atoms with Crippen molar-refractivity contribution in [3.05, 3.63) is 29.1 Å². The van der Waals surface area contributed by atoms with Gasteiger partial charge in [-0.25, -0.2) is 4.98 Å². The van der Waals surface area contributed by atoms with Gasteiger partial charge in [0.15, 0.2) is 5.82 Å². The second-order valence-corrected chi connectivity index (χ2v) is 6.14. The van der Waals surface area contributed by atoms with Crippen LogP contribution >= 0.6 is 0 Å². The van der Waals surface area contributed by atoms with Crippen LogP contribution in [0.2, 0.25) is 0 Å². The molecule has 21 heavy (non-hydrogen) atoms. The number of nitrogens with zero attached hydrogens (tertiary/aromatic N) is 4. The topological polar surface area (TPSA) is 68.2 Å². The van der Waals surface area contributed by atoms with Gasteiger partial charge in [0.2, 0.25) is 11.8 Å². The number of likely N-dealkylation sites (tertiary alicyclic amines) is 1. The fraction of sp³-hybridized carbons (Fsp3) is 0.667. The second kappa shape index (κ2) is 4.94. The SMILES string of the molecule is Cc1nc(CN2CCC[C@@H]2c2noc(C3CC3)n2)oc1C. The molecule has 1 atom stereocenters. The molecule has 4 rings (SSSR count). The highest BCUT2D eigenvalue weighted by Gasteiger charge is 2.34. The first-order valence-corrected chi connectivity index (χ1v) is 7.71. The van der Waals surface area contributed by atoms with Crippen LogP contribution in [0.5, 0.6) is 0 Å². The summed E-state index contributed by atoms with van der Waals surface area (Å²) in [6.07, 6.45) is 4.59. The van der Waals surface area contributed by atoms with Crippen LogP contribution in [0.1, 0.15) is 66.7 Å². The van der Waals surface area contributed by atoms with Crippen LogP contribution < -0.4 is 0 Å². The van der Waals surface area contributed by atoms with E-state index in [0.717, 1.165) is 48.4 Å². The van der Waals surface area contributed by atoms with Gasteiger partial charge in [0.1, 0.15) is 5.76 Å². The maximum Gasteiger partial charge on any atom is 0.229 e. The number of aryl methyl sites for hydroxylation is 2. The summed E-state index contributed by atoms with van der Waals surface area (Å²) in [5.74, 6) is 3.84. The second-order valence-electron chi connectivity index (χ2n) is 6.14. The zero-order valence-corrected chi connectivity index (χ0v) is 12.5. The summed E-state index contributed by atoms with van der Waals surface area (Å²) >= 11 is 0. The maximum atomic E-state index is 5.70. The monoisotopic (exact) mass is 288 g/mol. The van der Waals surface area contributed by atoms with Gasteiger partial charge in [0, 0.05) is 5.92 Å². The molecule has 2 aromatic heterocycles. The van der Waals surface area contributed by atoms with Crippen LogP contribution in [0.25, 0.3) is 0 Å². The molecular formula is C15H20N4O2. The molecule has 6 heteroatoms. The van der Waals surface area contributed by atoms with Crippen LogP contribution in [0, 0.1) is 13.8 Å². The van der Waals surface area contributed by atoms with E-state index in [1.165, 1.54) is 12.8 Å². The van der Waals surface area contributed by atoms with Crippen molar-refractivity contribution in [1.82, 2.24) is 20.0 Å². The molecule has 3 heterocycles. The highest BCUT2D eigenvalue weighted by atomic mass is 16.5. The summed E-state index contributed by atoms with van der Waals surface area (Å²) in [6, 6.07) is 0.230. The fourth-order valence-corrected chi connectivity index (χ4v) is 2.97. The third-order valence-electron chi connectivity index (χ3n) is 4.46. The molecule has 112 valence electrons. The summed E-state index contributed by atoms with van der Waals surface area (Å²) in [5.41, 5.74) is 0.969. The molecule has 1 saturated heterocycles. The van der Waals surface area contributed by atoms with Crippen molar-refractivity contribution in [3.8, 4) is 0 Å². The first kappa shape index (κ1) is 13.0. The molecule has 0 radical (unpaired) electrons. The normalized spacial score (nSPS) is 23.0.